The van der Waals surface area contributed by atoms with Crippen LogP contribution >= 0.6 is 34.8 Å². The highest BCUT2D eigenvalue weighted by molar-refractivity contribution is 6.30. The Bertz CT molecular complexity index is 2950. The molecule has 21 heteroatoms. The summed E-state index contributed by atoms with van der Waals surface area (Å²) in [5, 5.41) is 9.75. The number of piperidine rings is 2. The lowest BCUT2D eigenvalue weighted by Gasteiger charge is -2.21. The van der Waals surface area contributed by atoms with Gasteiger partial charge in [0.15, 0.2) is 34.0 Å². The Kier molecular flexibility index (Phi) is 10.1. The molecule has 312 valence electrons. The van der Waals surface area contributed by atoms with Crippen molar-refractivity contribution >= 4 is 68.5 Å². The van der Waals surface area contributed by atoms with Gasteiger partial charge in [0, 0.05) is 73.5 Å². The van der Waals surface area contributed by atoms with E-state index in [1.807, 2.05) is 24.3 Å². The van der Waals surface area contributed by atoms with Gasteiger partial charge in [-0.1, -0.05) is 33.5 Å². The highest BCUT2D eigenvalue weighted by atomic mass is 35.5. The highest BCUT2D eigenvalue weighted by Crippen LogP contribution is 2.59. The number of halogens is 3. The van der Waals surface area contributed by atoms with Gasteiger partial charge < -0.3 is 33.0 Å². The topological polar surface area (TPSA) is 201 Å². The Morgan fingerprint density at radius 2 is 1.13 bits per heavy atom. The van der Waals surface area contributed by atoms with E-state index in [2.05, 4.69) is 79.3 Å². The first-order valence-electron chi connectivity index (χ1n) is 19.6. The number of imidazole rings is 2. The van der Waals surface area contributed by atoms with Crippen molar-refractivity contribution in [3.05, 3.63) is 128 Å². The fourth-order valence-electron chi connectivity index (χ4n) is 8.79. The first-order chi connectivity index (χ1) is 29.6. The Labute approximate surface area is 361 Å². The van der Waals surface area contributed by atoms with Crippen LogP contribution in [-0.4, -0.2) is 85.1 Å². The van der Waals surface area contributed by atoms with Gasteiger partial charge in [0.1, 0.15) is 18.8 Å². The van der Waals surface area contributed by atoms with Gasteiger partial charge in [-0.25, -0.2) is 19.9 Å². The standard InChI is InChI=1S/C20H18ClN7O2.C14H13Cl2N3O.C6H6N4O/c1-26-9-22-19-17(26)20(29)28(10-23-19)8-15-24-18(25-30-15)16-13-6-27(7-14(13)16)12-4-2-11(21)3-5-12;15-5-12-17-14(18-20-12)13-10-6-19(7-11(10)13)9-3-1-8(16)2-4-9;1-10-3-9-5-4(10)6(11)8-2-7-5/h2-5,9-10,13-14,16H,6-8H2,1H3;1-4,10-11,13H,5-7H2;2-3H,1H3,(H,7,8,11)/t13-,14+,16?;;. The molecule has 0 amide bonds. The zero-order chi connectivity index (χ0) is 41.9. The third-order valence-corrected chi connectivity index (χ3v) is 12.7. The summed E-state index contributed by atoms with van der Waals surface area (Å²) in [6, 6.07) is 16.0. The van der Waals surface area contributed by atoms with Crippen molar-refractivity contribution in [2.24, 2.45) is 37.8 Å². The van der Waals surface area contributed by atoms with Crippen LogP contribution in [0.3, 0.4) is 0 Å². The first kappa shape index (κ1) is 39.1. The van der Waals surface area contributed by atoms with Crippen molar-refractivity contribution in [2.45, 2.75) is 24.3 Å². The van der Waals surface area contributed by atoms with Crippen molar-refractivity contribution in [2.75, 3.05) is 36.0 Å². The van der Waals surface area contributed by atoms with Crippen LogP contribution in [0.25, 0.3) is 22.3 Å². The number of aromatic amines is 1. The smallest absolute Gasteiger partial charge is 0.280 e. The number of hydrogen-bond acceptors (Lipinski definition) is 14. The van der Waals surface area contributed by atoms with Gasteiger partial charge in [0.25, 0.3) is 11.1 Å². The molecule has 8 aromatic rings. The predicted molar refractivity (Wildman–Crippen MR) is 226 cm³/mol. The summed E-state index contributed by atoms with van der Waals surface area (Å²) in [7, 11) is 3.53. The molecule has 2 aliphatic carbocycles. The summed E-state index contributed by atoms with van der Waals surface area (Å²) in [6.45, 7) is 4.23. The van der Waals surface area contributed by atoms with Crippen LogP contribution in [0.5, 0.6) is 0 Å². The fraction of sp³-hybridized carbons (Fsp3) is 0.350. The Morgan fingerprint density at radius 1 is 0.656 bits per heavy atom. The van der Waals surface area contributed by atoms with E-state index in [0.717, 1.165) is 47.9 Å². The molecule has 4 aliphatic rings. The SMILES string of the molecule is ClCc1nc(C2C3CN(c4ccc(Cl)cc4)CC32)no1.Cn1cnc2nc[nH]c(=O)c21.Cn1cnc2ncn(Cc3nc(C4[C@H]5CN(c6ccc(Cl)cc6)C[C@@H]45)no3)c(=O)c21. The lowest BCUT2D eigenvalue weighted by molar-refractivity contribution is 0.363. The summed E-state index contributed by atoms with van der Waals surface area (Å²) >= 11 is 17.6. The number of fused-ring (bicyclic) bond motifs is 4. The van der Waals surface area contributed by atoms with Gasteiger partial charge in [-0.2, -0.15) is 9.97 Å². The summed E-state index contributed by atoms with van der Waals surface area (Å²) < 4.78 is 15.3. The molecule has 2 saturated heterocycles. The van der Waals surface area contributed by atoms with Gasteiger partial charge in [-0.05, 0) is 72.2 Å². The van der Waals surface area contributed by atoms with E-state index in [1.54, 1.807) is 35.9 Å². The average Bonchev–Trinajstić information content (AvgIpc) is 3.83. The number of H-pyrrole nitrogens is 1. The number of nitrogens with zero attached hydrogens (tertiary/aromatic N) is 13. The summed E-state index contributed by atoms with van der Waals surface area (Å²) in [5.74, 6) is 5.85. The lowest BCUT2D eigenvalue weighted by Crippen LogP contribution is -2.23. The predicted octanol–water partition coefficient (Wildman–Crippen LogP) is 5.03. The summed E-state index contributed by atoms with van der Waals surface area (Å²) in [6.07, 6.45) is 5.95. The minimum absolute atomic E-state index is 0.157. The number of benzene rings is 2. The van der Waals surface area contributed by atoms with Crippen LogP contribution in [-0.2, 0) is 26.5 Å². The molecule has 5 atom stereocenters. The van der Waals surface area contributed by atoms with Gasteiger partial charge >= 0.3 is 0 Å². The molecule has 2 aliphatic heterocycles. The van der Waals surface area contributed by atoms with E-state index in [1.165, 1.54) is 28.6 Å². The number of aromatic nitrogens is 12. The molecular weight excluding hydrogens is 847 g/mol. The van der Waals surface area contributed by atoms with Crippen molar-refractivity contribution in [3.63, 3.8) is 0 Å². The summed E-state index contributed by atoms with van der Waals surface area (Å²) in [5.41, 5.74) is 3.96. The van der Waals surface area contributed by atoms with E-state index < -0.39 is 0 Å². The van der Waals surface area contributed by atoms with Crippen LogP contribution < -0.4 is 20.9 Å². The second-order valence-electron chi connectivity index (χ2n) is 15.7. The molecule has 0 bridgehead atoms. The monoisotopic (exact) mass is 882 g/mol. The fourth-order valence-corrected chi connectivity index (χ4v) is 9.15. The van der Waals surface area contributed by atoms with E-state index >= 15 is 0 Å². The van der Waals surface area contributed by atoms with Crippen molar-refractivity contribution in [1.82, 2.24) is 58.9 Å². The highest BCUT2D eigenvalue weighted by Gasteiger charge is 2.59. The zero-order valence-corrected chi connectivity index (χ0v) is 35.0. The first-order valence-corrected chi connectivity index (χ1v) is 20.9. The number of nitrogens with one attached hydrogen (secondary N) is 1. The van der Waals surface area contributed by atoms with Crippen molar-refractivity contribution in [1.29, 1.82) is 0 Å². The molecule has 0 radical (unpaired) electrons. The molecule has 61 heavy (non-hydrogen) atoms. The molecule has 0 spiro atoms. The van der Waals surface area contributed by atoms with Crippen molar-refractivity contribution in [3.8, 4) is 0 Å². The Hall–Kier alpha value is -6.11. The number of alkyl halides is 1. The second kappa shape index (κ2) is 15.7. The van der Waals surface area contributed by atoms with Gasteiger partial charge in [0.2, 0.25) is 11.8 Å². The molecule has 2 saturated carbocycles. The summed E-state index contributed by atoms with van der Waals surface area (Å²) in [4.78, 5) is 56.0. The van der Waals surface area contributed by atoms with Crippen molar-refractivity contribution < 1.29 is 9.05 Å². The average molecular weight is 884 g/mol. The molecule has 1 N–H and O–H groups in total. The molecule has 6 aromatic heterocycles. The minimum atomic E-state index is -0.179. The molecule has 4 fully saturated rings. The Morgan fingerprint density at radius 3 is 1.64 bits per heavy atom. The second-order valence-corrected chi connectivity index (χ2v) is 16.8. The molecular formula is C40H37Cl3N14O4. The van der Waals surface area contributed by atoms with E-state index in [-0.39, 0.29) is 23.5 Å². The van der Waals surface area contributed by atoms with Gasteiger partial charge in [-0.3, -0.25) is 14.2 Å². The van der Waals surface area contributed by atoms with Crippen LogP contribution in [0, 0.1) is 23.7 Å². The molecule has 2 aromatic carbocycles. The largest absolute Gasteiger partial charge is 0.371 e. The van der Waals surface area contributed by atoms with E-state index in [4.69, 9.17) is 43.8 Å². The maximum atomic E-state index is 12.7. The third kappa shape index (κ3) is 7.52. The lowest BCUT2D eigenvalue weighted by atomic mass is 10.2. The number of anilines is 2. The van der Waals surface area contributed by atoms with Gasteiger partial charge in [-0.15, -0.1) is 11.6 Å². The van der Waals surface area contributed by atoms with Crippen LogP contribution in [0.4, 0.5) is 11.4 Å². The molecule has 12 rings (SSSR count). The molecule has 3 unspecified atom stereocenters. The van der Waals surface area contributed by atoms with Crippen LogP contribution in [0.2, 0.25) is 10.0 Å². The number of aryl methyl sites for hydroxylation is 2. The van der Waals surface area contributed by atoms with E-state index in [9.17, 15) is 9.59 Å². The minimum Gasteiger partial charge on any atom is -0.371 e. The molecule has 18 nitrogen and oxygen atoms in total. The van der Waals surface area contributed by atoms with E-state index in [0.29, 0.717) is 69.6 Å². The van der Waals surface area contributed by atoms with Crippen LogP contribution in [0.1, 0.15) is 35.3 Å². The van der Waals surface area contributed by atoms with Crippen LogP contribution in [0.15, 0.2) is 92.5 Å². The number of hydrogen-bond donors (Lipinski definition) is 1. The quantitative estimate of drug-likeness (QED) is 0.209. The molecule has 8 heterocycles. The third-order valence-electron chi connectivity index (χ3n) is 12.0. The number of rotatable bonds is 7. The zero-order valence-electron chi connectivity index (χ0n) is 32.7. The maximum absolute atomic E-state index is 12.7. The Balaban J connectivity index is 0.000000123. The van der Waals surface area contributed by atoms with Gasteiger partial charge in [0.05, 0.1) is 19.0 Å². The maximum Gasteiger partial charge on any atom is 0.280 e. The normalized spacial score (nSPS) is 22.1.